The monoisotopic (exact) mass is 388 g/mol. The van der Waals surface area contributed by atoms with Crippen molar-refractivity contribution in [2.75, 3.05) is 13.7 Å². The first-order valence-corrected chi connectivity index (χ1v) is 9.51. The zero-order valence-corrected chi connectivity index (χ0v) is 16.1. The van der Waals surface area contributed by atoms with Gasteiger partial charge in [-0.15, -0.1) is 0 Å². The minimum atomic E-state index is -0.425. The fourth-order valence-electron chi connectivity index (χ4n) is 3.55. The van der Waals surface area contributed by atoms with Crippen LogP contribution in [0.15, 0.2) is 76.4 Å². The molecule has 0 atom stereocenters. The Morgan fingerprint density at radius 2 is 1.62 bits per heavy atom. The maximum atomic E-state index is 12.7. The molecule has 0 amide bonds. The van der Waals surface area contributed by atoms with Crippen LogP contribution in [-0.2, 0) is 11.3 Å². The molecule has 2 N–H and O–H groups in total. The quantitative estimate of drug-likeness (QED) is 0.516. The van der Waals surface area contributed by atoms with E-state index in [1.165, 1.54) is 0 Å². The van der Waals surface area contributed by atoms with Crippen molar-refractivity contribution in [1.82, 2.24) is 9.55 Å². The molecular formula is C23H22N3O3+. The number of ether oxygens (including phenoxy) is 1. The van der Waals surface area contributed by atoms with Crippen molar-refractivity contribution in [3.8, 4) is 22.3 Å². The second-order valence-corrected chi connectivity index (χ2v) is 6.82. The van der Waals surface area contributed by atoms with Gasteiger partial charge in [0.1, 0.15) is 5.39 Å². The van der Waals surface area contributed by atoms with Crippen LogP contribution >= 0.6 is 0 Å². The molecule has 6 heteroatoms. The molecule has 4 aromatic rings. The summed E-state index contributed by atoms with van der Waals surface area (Å²) >= 11 is 0. The molecule has 0 spiro atoms. The topological polar surface area (TPSA) is 78.2 Å². The summed E-state index contributed by atoms with van der Waals surface area (Å²) < 4.78 is 6.64. The molecule has 0 radical (unpaired) electrons. The standard InChI is InChI=1S/C23H21N3O3/c1-29-15-5-14-26-21-20(22(27)25-23(26)28)19(12-13-24-21)18-10-8-17(9-11-18)16-6-3-2-4-7-16/h2-4,6-13H,5,14-15H2,1H3,(H,25,27,28)/p+1. The zero-order chi connectivity index (χ0) is 20.2. The average Bonchev–Trinajstić information content (AvgIpc) is 2.76. The van der Waals surface area contributed by atoms with Crippen molar-refractivity contribution >= 4 is 11.0 Å². The predicted molar refractivity (Wildman–Crippen MR) is 113 cm³/mol. The van der Waals surface area contributed by atoms with E-state index < -0.39 is 11.2 Å². The van der Waals surface area contributed by atoms with Gasteiger partial charge in [-0.3, -0.25) is 9.78 Å². The van der Waals surface area contributed by atoms with E-state index in [1.807, 2.05) is 48.5 Å². The molecule has 146 valence electrons. The maximum absolute atomic E-state index is 12.7. The Morgan fingerprint density at radius 1 is 0.931 bits per heavy atom. The number of methoxy groups -OCH3 is 1. The van der Waals surface area contributed by atoms with Crippen LogP contribution in [0, 0.1) is 0 Å². The van der Waals surface area contributed by atoms with Gasteiger partial charge >= 0.3 is 5.69 Å². The Labute approximate surface area is 167 Å². The summed E-state index contributed by atoms with van der Waals surface area (Å²) in [6.07, 6.45) is 2.43. The highest BCUT2D eigenvalue weighted by atomic mass is 16.5. The van der Waals surface area contributed by atoms with Gasteiger partial charge in [0.25, 0.3) is 11.2 Å². The van der Waals surface area contributed by atoms with Crippen LogP contribution in [-0.4, -0.2) is 23.3 Å². The first-order chi connectivity index (χ1) is 14.2. The molecule has 0 aliphatic heterocycles. The van der Waals surface area contributed by atoms with Gasteiger partial charge in [0.05, 0.1) is 12.7 Å². The number of benzene rings is 2. The Morgan fingerprint density at radius 3 is 2.34 bits per heavy atom. The molecule has 0 bridgehead atoms. The molecule has 0 saturated carbocycles. The van der Waals surface area contributed by atoms with Gasteiger partial charge in [0.15, 0.2) is 0 Å². The Hall–Kier alpha value is -3.51. The number of hydrogen-bond acceptors (Lipinski definition) is 3. The van der Waals surface area contributed by atoms with Crippen LogP contribution in [0.25, 0.3) is 33.3 Å². The molecule has 6 nitrogen and oxygen atoms in total. The number of aromatic nitrogens is 3. The van der Waals surface area contributed by atoms with Gasteiger partial charge in [-0.05, 0) is 22.8 Å². The number of nitrogens with zero attached hydrogens (tertiary/aromatic N) is 1. The number of H-pyrrole nitrogens is 2. The molecule has 0 saturated heterocycles. The summed E-state index contributed by atoms with van der Waals surface area (Å²) in [6.45, 7) is 0.987. The lowest BCUT2D eigenvalue weighted by atomic mass is 9.99. The van der Waals surface area contributed by atoms with Crippen LogP contribution in [0.2, 0.25) is 0 Å². The highest BCUT2D eigenvalue weighted by Crippen LogP contribution is 2.27. The number of aryl methyl sites for hydroxylation is 1. The van der Waals surface area contributed by atoms with Crippen molar-refractivity contribution in [2.24, 2.45) is 0 Å². The van der Waals surface area contributed by atoms with Gasteiger partial charge in [-0.1, -0.05) is 54.6 Å². The summed E-state index contributed by atoms with van der Waals surface area (Å²) in [5.41, 5.74) is 3.62. The molecule has 0 aliphatic carbocycles. The summed E-state index contributed by atoms with van der Waals surface area (Å²) in [5.74, 6) is 0. The lowest BCUT2D eigenvalue weighted by Crippen LogP contribution is -2.34. The van der Waals surface area contributed by atoms with Gasteiger partial charge < -0.3 is 4.74 Å². The first-order valence-electron chi connectivity index (χ1n) is 9.51. The SMILES string of the molecule is COCCCn1c(=O)[nH]c(=O)c2c(-c3ccc(-c4ccccc4)cc3)cc[nH+]c21. The first kappa shape index (κ1) is 18.8. The molecular weight excluding hydrogens is 366 g/mol. The third-order valence-corrected chi connectivity index (χ3v) is 4.97. The third-order valence-electron chi connectivity index (χ3n) is 4.97. The van der Waals surface area contributed by atoms with E-state index in [0.717, 1.165) is 22.3 Å². The fraction of sp³-hybridized carbons (Fsp3) is 0.174. The van der Waals surface area contributed by atoms with Crippen LogP contribution < -0.4 is 16.2 Å². The van der Waals surface area contributed by atoms with E-state index in [4.69, 9.17) is 4.74 Å². The molecule has 2 heterocycles. The lowest BCUT2D eigenvalue weighted by molar-refractivity contribution is -0.349. The largest absolute Gasteiger partial charge is 0.415 e. The van der Waals surface area contributed by atoms with E-state index in [0.29, 0.717) is 30.6 Å². The van der Waals surface area contributed by atoms with E-state index in [-0.39, 0.29) is 0 Å². The lowest BCUT2D eigenvalue weighted by Gasteiger charge is -2.08. The van der Waals surface area contributed by atoms with Crippen molar-refractivity contribution in [3.63, 3.8) is 0 Å². The van der Waals surface area contributed by atoms with E-state index in [1.54, 1.807) is 17.9 Å². The fourth-order valence-corrected chi connectivity index (χ4v) is 3.55. The summed E-state index contributed by atoms with van der Waals surface area (Å²) in [6, 6.07) is 20.1. The minimum absolute atomic E-state index is 0.396. The number of aromatic amines is 2. The second kappa shape index (κ2) is 8.24. The highest BCUT2D eigenvalue weighted by molar-refractivity contribution is 5.90. The predicted octanol–water partition coefficient (Wildman–Crippen LogP) is 2.87. The Kier molecular flexibility index (Phi) is 5.35. The number of fused-ring (bicyclic) bond motifs is 1. The van der Waals surface area contributed by atoms with Crippen LogP contribution in [0.3, 0.4) is 0 Å². The molecule has 29 heavy (non-hydrogen) atoms. The van der Waals surface area contributed by atoms with Crippen LogP contribution in [0.1, 0.15) is 6.42 Å². The van der Waals surface area contributed by atoms with E-state index in [2.05, 4.69) is 22.1 Å². The Balaban J connectivity index is 1.81. The second-order valence-electron chi connectivity index (χ2n) is 6.82. The van der Waals surface area contributed by atoms with E-state index >= 15 is 0 Å². The smallest absolute Gasteiger partial charge is 0.385 e. The number of nitrogens with one attached hydrogen (secondary N) is 2. The summed E-state index contributed by atoms with van der Waals surface area (Å²) in [7, 11) is 1.62. The summed E-state index contributed by atoms with van der Waals surface area (Å²) in [5, 5.41) is 0.469. The Bertz CT molecular complexity index is 1240. The van der Waals surface area contributed by atoms with Gasteiger partial charge in [0, 0.05) is 25.7 Å². The number of hydrogen-bond donors (Lipinski definition) is 1. The number of pyridine rings is 1. The molecule has 4 rings (SSSR count). The van der Waals surface area contributed by atoms with Crippen LogP contribution in [0.5, 0.6) is 0 Å². The van der Waals surface area contributed by atoms with E-state index in [9.17, 15) is 9.59 Å². The molecule has 0 fully saturated rings. The normalized spacial score (nSPS) is 11.1. The van der Waals surface area contributed by atoms with Crippen molar-refractivity contribution in [2.45, 2.75) is 13.0 Å². The molecule has 2 aromatic heterocycles. The molecule has 2 aromatic carbocycles. The summed E-state index contributed by atoms with van der Waals surface area (Å²) in [4.78, 5) is 30.5. The van der Waals surface area contributed by atoms with Crippen molar-refractivity contribution in [3.05, 3.63) is 87.7 Å². The highest BCUT2D eigenvalue weighted by Gasteiger charge is 2.19. The molecule has 0 unspecified atom stereocenters. The minimum Gasteiger partial charge on any atom is -0.385 e. The van der Waals surface area contributed by atoms with Gasteiger partial charge in [-0.2, -0.15) is 4.57 Å². The zero-order valence-electron chi connectivity index (χ0n) is 16.1. The maximum Gasteiger partial charge on any atom is 0.415 e. The average molecular weight is 388 g/mol. The van der Waals surface area contributed by atoms with Crippen molar-refractivity contribution < 1.29 is 9.72 Å². The molecule has 0 aliphatic rings. The van der Waals surface area contributed by atoms with Gasteiger partial charge in [-0.25, -0.2) is 9.78 Å². The van der Waals surface area contributed by atoms with Crippen molar-refractivity contribution in [1.29, 1.82) is 0 Å². The third kappa shape index (κ3) is 3.75. The number of rotatable bonds is 6. The van der Waals surface area contributed by atoms with Crippen LogP contribution in [0.4, 0.5) is 0 Å². The van der Waals surface area contributed by atoms with Gasteiger partial charge in [0.2, 0.25) is 0 Å².